The van der Waals surface area contributed by atoms with Gasteiger partial charge in [0, 0.05) is 13.0 Å². The zero-order valence-electron chi connectivity index (χ0n) is 13.1. The molecule has 0 spiro atoms. The summed E-state index contributed by atoms with van der Waals surface area (Å²) in [6, 6.07) is 15.3. The highest BCUT2D eigenvalue weighted by atomic mass is 16.6. The fraction of sp³-hybridized carbons (Fsp3) is 0.278. The third kappa shape index (κ3) is 3.63. The van der Waals surface area contributed by atoms with Crippen molar-refractivity contribution in [2.75, 3.05) is 6.54 Å². The van der Waals surface area contributed by atoms with E-state index in [0.29, 0.717) is 31.0 Å². The first-order chi connectivity index (χ1) is 11.8. The highest BCUT2D eigenvalue weighted by Crippen LogP contribution is 2.27. The molecule has 0 bridgehead atoms. The number of amides is 1. The molecular formula is C18H17N3O3. The zero-order chi connectivity index (χ0) is 16.8. The van der Waals surface area contributed by atoms with Crippen LogP contribution in [0.4, 0.5) is 0 Å². The lowest BCUT2D eigenvalue weighted by molar-refractivity contribution is -0.125. The number of benzene rings is 1. The number of hydrogen-bond acceptors (Lipinski definition) is 5. The van der Waals surface area contributed by atoms with Crippen LogP contribution in [0.25, 0.3) is 0 Å². The van der Waals surface area contributed by atoms with E-state index in [1.54, 1.807) is 23.3 Å². The molecule has 0 radical (unpaired) electrons. The van der Waals surface area contributed by atoms with Gasteiger partial charge in [-0.25, -0.2) is 0 Å². The second-order valence-electron chi connectivity index (χ2n) is 5.46. The maximum atomic E-state index is 12.7. The molecule has 122 valence electrons. The molecular weight excluding hydrogens is 306 g/mol. The zero-order valence-corrected chi connectivity index (χ0v) is 13.1. The second-order valence-corrected chi connectivity index (χ2v) is 5.46. The molecule has 0 aliphatic carbocycles. The van der Waals surface area contributed by atoms with Gasteiger partial charge in [0.2, 0.25) is 0 Å². The predicted molar refractivity (Wildman–Crippen MR) is 86.7 cm³/mol. The Bertz CT molecular complexity index is 748. The second kappa shape index (κ2) is 7.47. The van der Waals surface area contributed by atoms with Crippen molar-refractivity contribution in [2.24, 2.45) is 5.16 Å². The van der Waals surface area contributed by atoms with Crippen LogP contribution in [0.1, 0.15) is 30.3 Å². The van der Waals surface area contributed by atoms with E-state index in [1.165, 1.54) is 0 Å². The van der Waals surface area contributed by atoms with E-state index in [9.17, 15) is 4.79 Å². The summed E-state index contributed by atoms with van der Waals surface area (Å²) in [4.78, 5) is 19.7. The Hall–Kier alpha value is -3.07. The fourth-order valence-electron chi connectivity index (χ4n) is 2.56. The highest BCUT2D eigenvalue weighted by Gasteiger charge is 2.30. The Morgan fingerprint density at radius 3 is 2.83 bits per heavy atom. The Morgan fingerprint density at radius 1 is 1.29 bits per heavy atom. The lowest BCUT2D eigenvalue weighted by Crippen LogP contribution is -2.36. The number of nitriles is 1. The first-order valence-electron chi connectivity index (χ1n) is 7.74. The number of hydrogen-bond donors (Lipinski definition) is 0. The van der Waals surface area contributed by atoms with Crippen LogP contribution in [-0.4, -0.2) is 23.1 Å². The molecule has 3 rings (SSSR count). The van der Waals surface area contributed by atoms with Crippen LogP contribution >= 0.6 is 0 Å². The van der Waals surface area contributed by atoms with Crippen LogP contribution in [0.2, 0.25) is 0 Å². The van der Waals surface area contributed by atoms with Crippen molar-refractivity contribution in [2.45, 2.75) is 25.5 Å². The molecule has 1 aromatic heterocycles. The van der Waals surface area contributed by atoms with Gasteiger partial charge in [0.15, 0.2) is 6.10 Å². The van der Waals surface area contributed by atoms with Gasteiger partial charge in [-0.1, -0.05) is 35.5 Å². The summed E-state index contributed by atoms with van der Waals surface area (Å²) in [5, 5.41) is 12.8. The number of rotatable bonds is 6. The molecule has 0 unspecified atom stereocenters. The standard InChI is InChI=1S/C18H17N3O3/c19-9-5-10-21(13-15-8-4-11-23-15)18(22)16-12-17(24-20-16)14-6-2-1-3-7-14/h1-4,6-8,11,17H,5,10,12-13H2/t17-/m1/s1. The monoisotopic (exact) mass is 323 g/mol. The summed E-state index contributed by atoms with van der Waals surface area (Å²) < 4.78 is 5.30. The molecule has 1 amide bonds. The lowest BCUT2D eigenvalue weighted by Gasteiger charge is -2.19. The lowest BCUT2D eigenvalue weighted by atomic mass is 10.0. The molecule has 0 saturated heterocycles. The molecule has 0 fully saturated rings. The van der Waals surface area contributed by atoms with E-state index in [-0.39, 0.29) is 18.4 Å². The van der Waals surface area contributed by atoms with Gasteiger partial charge in [0.25, 0.3) is 5.91 Å². The first kappa shape index (κ1) is 15.8. The van der Waals surface area contributed by atoms with Crippen LogP contribution < -0.4 is 0 Å². The normalized spacial score (nSPS) is 16.1. The summed E-state index contributed by atoms with van der Waals surface area (Å²) >= 11 is 0. The van der Waals surface area contributed by atoms with Crippen molar-refractivity contribution < 1.29 is 14.0 Å². The Kier molecular flexibility index (Phi) is 4.92. The van der Waals surface area contributed by atoms with Gasteiger partial charge in [0.05, 0.1) is 25.3 Å². The molecule has 1 aliphatic rings. The van der Waals surface area contributed by atoms with Crippen molar-refractivity contribution in [1.29, 1.82) is 5.26 Å². The van der Waals surface area contributed by atoms with E-state index < -0.39 is 0 Å². The highest BCUT2D eigenvalue weighted by molar-refractivity contribution is 6.39. The van der Waals surface area contributed by atoms with E-state index >= 15 is 0 Å². The van der Waals surface area contributed by atoms with Gasteiger partial charge in [-0.05, 0) is 17.7 Å². The SMILES string of the molecule is N#CCCN(Cc1ccco1)C(=O)C1=NO[C@@H](c2ccccc2)C1. The van der Waals surface area contributed by atoms with Gasteiger partial charge in [0.1, 0.15) is 11.5 Å². The summed E-state index contributed by atoms with van der Waals surface area (Å²) in [6.07, 6.45) is 1.99. The van der Waals surface area contributed by atoms with E-state index in [1.807, 2.05) is 30.3 Å². The molecule has 2 heterocycles. The topological polar surface area (TPSA) is 78.8 Å². The minimum Gasteiger partial charge on any atom is -0.467 e. The maximum absolute atomic E-state index is 12.7. The van der Waals surface area contributed by atoms with Crippen molar-refractivity contribution in [3.63, 3.8) is 0 Å². The summed E-state index contributed by atoms with van der Waals surface area (Å²) in [7, 11) is 0. The molecule has 1 atom stereocenters. The largest absolute Gasteiger partial charge is 0.467 e. The maximum Gasteiger partial charge on any atom is 0.272 e. The molecule has 1 aromatic carbocycles. The Labute approximate surface area is 139 Å². The molecule has 1 aliphatic heterocycles. The van der Waals surface area contributed by atoms with Gasteiger partial charge in [-0.15, -0.1) is 0 Å². The average molecular weight is 323 g/mol. The molecule has 6 nitrogen and oxygen atoms in total. The van der Waals surface area contributed by atoms with E-state index in [0.717, 1.165) is 5.56 Å². The number of carbonyl (C=O) groups excluding carboxylic acids is 1. The van der Waals surface area contributed by atoms with Crippen LogP contribution in [0.3, 0.4) is 0 Å². The third-order valence-electron chi connectivity index (χ3n) is 3.79. The van der Waals surface area contributed by atoms with Crippen LogP contribution in [0.5, 0.6) is 0 Å². The van der Waals surface area contributed by atoms with Crippen LogP contribution in [0, 0.1) is 11.3 Å². The molecule has 0 saturated carbocycles. The summed E-state index contributed by atoms with van der Waals surface area (Å²) in [5.41, 5.74) is 1.35. The van der Waals surface area contributed by atoms with Gasteiger partial charge in [-0.2, -0.15) is 5.26 Å². The van der Waals surface area contributed by atoms with Gasteiger partial charge < -0.3 is 14.2 Å². The van der Waals surface area contributed by atoms with Crippen LogP contribution in [0.15, 0.2) is 58.3 Å². The van der Waals surface area contributed by atoms with Crippen molar-refractivity contribution in [1.82, 2.24) is 4.90 Å². The summed E-state index contributed by atoms with van der Waals surface area (Å²) in [5.74, 6) is 0.445. The average Bonchev–Trinajstić information content (AvgIpc) is 3.30. The summed E-state index contributed by atoms with van der Waals surface area (Å²) in [6.45, 7) is 0.633. The molecule has 24 heavy (non-hydrogen) atoms. The van der Waals surface area contributed by atoms with Crippen molar-refractivity contribution >= 4 is 11.6 Å². The number of oxime groups is 1. The number of furan rings is 1. The van der Waals surface area contributed by atoms with Gasteiger partial charge >= 0.3 is 0 Å². The smallest absolute Gasteiger partial charge is 0.272 e. The minimum absolute atomic E-state index is 0.222. The van der Waals surface area contributed by atoms with Crippen molar-refractivity contribution in [3.05, 3.63) is 60.1 Å². The molecule has 2 aromatic rings. The van der Waals surface area contributed by atoms with Gasteiger partial charge in [-0.3, -0.25) is 4.79 Å². The Morgan fingerprint density at radius 2 is 2.12 bits per heavy atom. The minimum atomic E-state index is -0.244. The van der Waals surface area contributed by atoms with Crippen molar-refractivity contribution in [3.8, 4) is 6.07 Å². The Balaban J connectivity index is 1.67. The van der Waals surface area contributed by atoms with Crippen LogP contribution in [-0.2, 0) is 16.2 Å². The van der Waals surface area contributed by atoms with E-state index in [4.69, 9.17) is 14.5 Å². The fourth-order valence-corrected chi connectivity index (χ4v) is 2.56. The first-order valence-corrected chi connectivity index (χ1v) is 7.74. The third-order valence-corrected chi connectivity index (χ3v) is 3.79. The quantitative estimate of drug-likeness (QED) is 0.818. The number of nitrogens with zero attached hydrogens (tertiary/aromatic N) is 3. The predicted octanol–water partition coefficient (Wildman–Crippen LogP) is 3.04. The molecule has 6 heteroatoms. The van der Waals surface area contributed by atoms with E-state index in [2.05, 4.69) is 11.2 Å². The molecule has 0 N–H and O–H groups in total. The number of carbonyl (C=O) groups is 1.